The number of carbonyl (C=O) groups is 1. The van der Waals surface area contributed by atoms with Crippen LogP contribution in [0.3, 0.4) is 0 Å². The Labute approximate surface area is 95.8 Å². The van der Waals surface area contributed by atoms with Gasteiger partial charge in [0.25, 0.3) is 0 Å². The molecule has 0 aliphatic carbocycles. The zero-order valence-electron chi connectivity index (χ0n) is 10.4. The number of aryl methyl sites for hydroxylation is 1. The van der Waals surface area contributed by atoms with E-state index in [1.54, 1.807) is 25.0 Å². The zero-order chi connectivity index (χ0) is 12.2. The molecular weight excluding hydrogens is 206 g/mol. The van der Waals surface area contributed by atoms with Crippen molar-refractivity contribution in [2.24, 2.45) is 7.05 Å². The summed E-state index contributed by atoms with van der Waals surface area (Å²) in [5.74, 6) is 0.0699. The first-order chi connectivity index (χ1) is 7.57. The number of ether oxygens (including phenoxy) is 1. The number of Topliss-reactive ketones (excluding diaryl/α,β-unsaturated/α-hetero) is 1. The molecule has 0 saturated carbocycles. The first kappa shape index (κ1) is 12.8. The maximum absolute atomic E-state index is 12.1. The van der Waals surface area contributed by atoms with E-state index in [2.05, 4.69) is 10.3 Å². The smallest absolute Gasteiger partial charge is 0.170 e. The number of methoxy groups -OCH3 is 1. The van der Waals surface area contributed by atoms with Crippen LogP contribution in [0.1, 0.15) is 32.4 Å². The molecule has 0 unspecified atom stereocenters. The third-order valence-corrected chi connectivity index (χ3v) is 3.03. The summed E-state index contributed by atoms with van der Waals surface area (Å²) in [6, 6.07) is 0. The molecule has 0 aliphatic heterocycles. The van der Waals surface area contributed by atoms with Crippen LogP contribution in [-0.2, 0) is 23.0 Å². The molecule has 0 radical (unpaired) electrons. The molecular formula is C11H19N3O2. The molecule has 0 spiro atoms. The van der Waals surface area contributed by atoms with E-state index in [0.29, 0.717) is 18.5 Å². The molecule has 5 heteroatoms. The number of carbonyl (C=O) groups excluding carboxylic acids is 1. The van der Waals surface area contributed by atoms with Gasteiger partial charge < -0.3 is 4.74 Å². The summed E-state index contributed by atoms with van der Waals surface area (Å²) >= 11 is 0. The molecule has 5 nitrogen and oxygen atoms in total. The molecule has 0 aliphatic rings. The fourth-order valence-electron chi connectivity index (χ4n) is 1.85. The largest absolute Gasteiger partial charge is 0.370 e. The third kappa shape index (κ3) is 2.47. The van der Waals surface area contributed by atoms with Crippen molar-refractivity contribution in [2.75, 3.05) is 7.11 Å². The second-order valence-electron chi connectivity index (χ2n) is 3.89. The van der Waals surface area contributed by atoms with Crippen molar-refractivity contribution in [3.05, 3.63) is 11.9 Å². The van der Waals surface area contributed by atoms with E-state index in [1.807, 2.05) is 13.8 Å². The van der Waals surface area contributed by atoms with E-state index in [9.17, 15) is 4.79 Å². The molecule has 1 rings (SSSR count). The van der Waals surface area contributed by atoms with Crippen LogP contribution in [-0.4, -0.2) is 33.5 Å². The van der Waals surface area contributed by atoms with Gasteiger partial charge in [0.15, 0.2) is 5.78 Å². The molecule has 0 amide bonds. The lowest BCUT2D eigenvalue weighted by atomic mass is 9.89. The van der Waals surface area contributed by atoms with Gasteiger partial charge >= 0.3 is 0 Å². The Morgan fingerprint density at radius 1 is 1.50 bits per heavy atom. The van der Waals surface area contributed by atoms with Crippen molar-refractivity contribution in [3.8, 4) is 0 Å². The Morgan fingerprint density at radius 2 is 2.12 bits per heavy atom. The summed E-state index contributed by atoms with van der Waals surface area (Å²) in [7, 11) is 3.37. The van der Waals surface area contributed by atoms with Gasteiger partial charge in [0.05, 0.1) is 12.1 Å². The van der Waals surface area contributed by atoms with Crippen LogP contribution in [0.2, 0.25) is 0 Å². The van der Waals surface area contributed by atoms with Crippen LogP contribution in [0.4, 0.5) is 0 Å². The molecule has 0 aromatic carbocycles. The minimum atomic E-state index is -0.669. The summed E-state index contributed by atoms with van der Waals surface area (Å²) < 4.78 is 6.96. The molecule has 0 fully saturated rings. The quantitative estimate of drug-likeness (QED) is 0.728. The lowest BCUT2D eigenvalue weighted by Gasteiger charge is -2.28. The van der Waals surface area contributed by atoms with Crippen molar-refractivity contribution in [1.29, 1.82) is 0 Å². The van der Waals surface area contributed by atoms with Crippen molar-refractivity contribution in [3.63, 3.8) is 0 Å². The third-order valence-electron chi connectivity index (χ3n) is 3.03. The highest BCUT2D eigenvalue weighted by Crippen LogP contribution is 2.22. The fourth-order valence-corrected chi connectivity index (χ4v) is 1.85. The zero-order valence-corrected chi connectivity index (χ0v) is 10.4. The molecule has 0 saturated heterocycles. The topological polar surface area (TPSA) is 57.0 Å². The Morgan fingerprint density at radius 3 is 2.50 bits per heavy atom. The van der Waals surface area contributed by atoms with Gasteiger partial charge in [-0.1, -0.05) is 19.1 Å². The summed E-state index contributed by atoms with van der Waals surface area (Å²) in [6.45, 7) is 3.92. The van der Waals surface area contributed by atoms with Gasteiger partial charge in [-0.2, -0.15) is 0 Å². The van der Waals surface area contributed by atoms with Gasteiger partial charge in [-0.15, -0.1) is 5.10 Å². The second kappa shape index (κ2) is 5.21. The summed E-state index contributed by atoms with van der Waals surface area (Å²) in [5, 5.41) is 7.71. The first-order valence-electron chi connectivity index (χ1n) is 5.51. The average Bonchev–Trinajstić information content (AvgIpc) is 2.67. The molecule has 1 aromatic rings. The average molecular weight is 225 g/mol. The lowest BCUT2D eigenvalue weighted by Crippen LogP contribution is -2.40. The highest BCUT2D eigenvalue weighted by Gasteiger charge is 2.34. The van der Waals surface area contributed by atoms with Crippen LogP contribution >= 0.6 is 0 Å². The predicted molar refractivity (Wildman–Crippen MR) is 60.0 cm³/mol. The summed E-state index contributed by atoms with van der Waals surface area (Å²) in [4.78, 5) is 12.1. The predicted octanol–water partition coefficient (Wildman–Crippen LogP) is 1.13. The van der Waals surface area contributed by atoms with Crippen molar-refractivity contribution in [1.82, 2.24) is 15.0 Å². The van der Waals surface area contributed by atoms with Crippen LogP contribution < -0.4 is 0 Å². The van der Waals surface area contributed by atoms with Gasteiger partial charge in [-0.3, -0.25) is 9.48 Å². The number of ketones is 1. The lowest BCUT2D eigenvalue weighted by molar-refractivity contribution is -0.141. The Bertz CT molecular complexity index is 348. The maximum atomic E-state index is 12.1. The number of rotatable bonds is 6. The Balaban J connectivity index is 2.77. The van der Waals surface area contributed by atoms with Gasteiger partial charge in [0.2, 0.25) is 0 Å². The minimum Gasteiger partial charge on any atom is -0.370 e. The molecule has 0 bridgehead atoms. The fraction of sp³-hybridized carbons (Fsp3) is 0.727. The van der Waals surface area contributed by atoms with Crippen molar-refractivity contribution >= 4 is 5.78 Å². The van der Waals surface area contributed by atoms with Crippen molar-refractivity contribution < 1.29 is 9.53 Å². The van der Waals surface area contributed by atoms with E-state index in [4.69, 9.17) is 4.74 Å². The Hall–Kier alpha value is -1.23. The van der Waals surface area contributed by atoms with Gasteiger partial charge in [-0.05, 0) is 12.8 Å². The van der Waals surface area contributed by atoms with E-state index in [-0.39, 0.29) is 12.2 Å². The molecule has 1 heterocycles. The summed E-state index contributed by atoms with van der Waals surface area (Å²) in [6.07, 6.45) is 3.39. The molecule has 0 N–H and O–H groups in total. The number of hydrogen-bond acceptors (Lipinski definition) is 4. The van der Waals surface area contributed by atoms with Gasteiger partial charge in [-0.25, -0.2) is 0 Å². The number of aromatic nitrogens is 3. The minimum absolute atomic E-state index is 0.0699. The van der Waals surface area contributed by atoms with Crippen LogP contribution in [0.15, 0.2) is 6.20 Å². The second-order valence-corrected chi connectivity index (χ2v) is 3.89. The monoisotopic (exact) mass is 225 g/mol. The van der Waals surface area contributed by atoms with Crippen molar-refractivity contribution in [2.45, 2.75) is 38.7 Å². The maximum Gasteiger partial charge on any atom is 0.170 e. The highest BCUT2D eigenvalue weighted by molar-refractivity contribution is 5.88. The standard InChI is InChI=1S/C11H19N3O2/c1-5-11(6-2,16-4)10(15)7-9-8-14(3)13-12-9/h8H,5-7H2,1-4H3. The molecule has 0 atom stereocenters. The van der Waals surface area contributed by atoms with E-state index in [1.165, 1.54) is 0 Å². The van der Waals surface area contributed by atoms with E-state index >= 15 is 0 Å². The van der Waals surface area contributed by atoms with Crippen LogP contribution in [0.5, 0.6) is 0 Å². The molecule has 90 valence electrons. The molecule has 1 aromatic heterocycles. The molecule has 16 heavy (non-hydrogen) atoms. The number of nitrogens with zero attached hydrogens (tertiary/aromatic N) is 3. The van der Waals surface area contributed by atoms with E-state index in [0.717, 1.165) is 0 Å². The van der Waals surface area contributed by atoms with Gasteiger partial charge in [0.1, 0.15) is 5.60 Å². The van der Waals surface area contributed by atoms with Gasteiger partial charge in [0, 0.05) is 20.4 Å². The van der Waals surface area contributed by atoms with Crippen LogP contribution in [0.25, 0.3) is 0 Å². The SMILES string of the molecule is CCC(CC)(OC)C(=O)Cc1cn(C)nn1. The Kier molecular flexibility index (Phi) is 4.18. The highest BCUT2D eigenvalue weighted by atomic mass is 16.5. The summed E-state index contributed by atoms with van der Waals surface area (Å²) in [5.41, 5.74) is 0.0215. The van der Waals surface area contributed by atoms with Crippen LogP contribution in [0, 0.1) is 0 Å². The van der Waals surface area contributed by atoms with E-state index < -0.39 is 5.60 Å². The first-order valence-corrected chi connectivity index (χ1v) is 5.51. The number of hydrogen-bond donors (Lipinski definition) is 0. The normalized spacial score (nSPS) is 11.8.